The van der Waals surface area contributed by atoms with E-state index >= 15 is 0 Å². The van der Waals surface area contributed by atoms with E-state index in [4.69, 9.17) is 21.1 Å². The van der Waals surface area contributed by atoms with E-state index in [-0.39, 0.29) is 29.4 Å². The van der Waals surface area contributed by atoms with Crippen LogP contribution in [0.1, 0.15) is 18.4 Å². The molecule has 25 heavy (non-hydrogen) atoms. The van der Waals surface area contributed by atoms with Gasteiger partial charge in [-0.25, -0.2) is 13.2 Å². The Labute approximate surface area is 151 Å². The third kappa shape index (κ3) is 3.19. The van der Waals surface area contributed by atoms with Gasteiger partial charge < -0.3 is 14.8 Å². The van der Waals surface area contributed by atoms with E-state index in [9.17, 15) is 13.2 Å². The number of hydrogen-bond donors (Lipinski definition) is 1. The molecular formula is C17H18ClNO5S. The molecule has 134 valence electrons. The van der Waals surface area contributed by atoms with Crippen LogP contribution in [0.25, 0.3) is 0 Å². The van der Waals surface area contributed by atoms with Crippen LogP contribution in [-0.4, -0.2) is 40.5 Å². The summed E-state index contributed by atoms with van der Waals surface area (Å²) in [5.41, 5.74) is 1.74. The number of methoxy groups -OCH3 is 1. The molecule has 1 N–H and O–H groups in total. The van der Waals surface area contributed by atoms with Gasteiger partial charge in [-0.05, 0) is 18.6 Å². The zero-order valence-corrected chi connectivity index (χ0v) is 15.4. The summed E-state index contributed by atoms with van der Waals surface area (Å²) in [6, 6.07) is 6.90. The van der Waals surface area contributed by atoms with Gasteiger partial charge in [0.1, 0.15) is 0 Å². The molecule has 0 aromatic heterocycles. The Kier molecular flexibility index (Phi) is 4.90. The molecule has 0 fully saturated rings. The summed E-state index contributed by atoms with van der Waals surface area (Å²) in [5, 5.41) is 3.39. The lowest BCUT2D eigenvalue weighted by atomic mass is 9.86. The summed E-state index contributed by atoms with van der Waals surface area (Å²) >= 11 is 6.34. The van der Waals surface area contributed by atoms with Crippen molar-refractivity contribution in [1.29, 1.82) is 0 Å². The van der Waals surface area contributed by atoms with Gasteiger partial charge in [-0.3, -0.25) is 0 Å². The van der Waals surface area contributed by atoms with Crippen LogP contribution in [0.4, 0.5) is 0 Å². The number of carbonyl (C=O) groups is 1. The fourth-order valence-corrected chi connectivity index (χ4v) is 5.08. The average Bonchev–Trinajstić information content (AvgIpc) is 2.72. The molecule has 0 aliphatic carbocycles. The summed E-state index contributed by atoms with van der Waals surface area (Å²) in [6.07, 6.45) is 0. The lowest BCUT2D eigenvalue weighted by Crippen LogP contribution is -2.33. The zero-order chi connectivity index (χ0) is 18.2. The number of halogens is 1. The molecule has 0 radical (unpaired) electrons. The molecule has 2 heterocycles. The molecule has 0 bridgehead atoms. The number of allylic oxidation sites excluding steroid dienone is 2. The molecule has 1 aromatic carbocycles. The van der Waals surface area contributed by atoms with Crippen molar-refractivity contribution in [2.45, 2.75) is 12.8 Å². The minimum absolute atomic E-state index is 0.0961. The molecule has 0 amide bonds. The highest BCUT2D eigenvalue weighted by atomic mass is 35.5. The van der Waals surface area contributed by atoms with Crippen LogP contribution in [0.5, 0.6) is 0 Å². The molecule has 0 spiro atoms. The lowest BCUT2D eigenvalue weighted by molar-refractivity contribution is -0.136. The van der Waals surface area contributed by atoms with E-state index in [1.54, 1.807) is 31.2 Å². The van der Waals surface area contributed by atoms with E-state index in [0.717, 1.165) is 0 Å². The van der Waals surface area contributed by atoms with E-state index in [1.165, 1.54) is 7.11 Å². The van der Waals surface area contributed by atoms with E-state index < -0.39 is 21.7 Å². The van der Waals surface area contributed by atoms with Crippen molar-refractivity contribution in [2.75, 3.05) is 26.1 Å². The topological polar surface area (TPSA) is 81.7 Å². The van der Waals surface area contributed by atoms with E-state index in [2.05, 4.69) is 5.32 Å². The van der Waals surface area contributed by atoms with Crippen molar-refractivity contribution in [3.05, 3.63) is 56.7 Å². The van der Waals surface area contributed by atoms with Crippen molar-refractivity contribution < 1.29 is 22.7 Å². The maximum atomic E-state index is 12.9. The SMILES string of the molecule is COC(=O)C1=C(C)NC2=C(C1c1ccccc1Cl)S(=O)(=O)CCOC2. The number of benzene rings is 1. The third-order valence-corrected chi connectivity index (χ3v) is 6.49. The summed E-state index contributed by atoms with van der Waals surface area (Å²) in [7, 11) is -2.38. The number of nitrogens with one attached hydrogen (secondary N) is 1. The maximum absolute atomic E-state index is 12.9. The van der Waals surface area contributed by atoms with E-state index in [0.29, 0.717) is 22.0 Å². The Morgan fingerprint density at radius 3 is 2.76 bits per heavy atom. The monoisotopic (exact) mass is 383 g/mol. The molecule has 2 aliphatic rings. The van der Waals surface area contributed by atoms with Crippen LogP contribution in [0.3, 0.4) is 0 Å². The molecule has 3 rings (SSSR count). The molecule has 1 atom stereocenters. The first-order chi connectivity index (χ1) is 11.9. The number of hydrogen-bond acceptors (Lipinski definition) is 6. The molecule has 1 unspecified atom stereocenters. The zero-order valence-electron chi connectivity index (χ0n) is 13.8. The van der Waals surface area contributed by atoms with Crippen LogP contribution in [0.2, 0.25) is 5.02 Å². The van der Waals surface area contributed by atoms with Crippen molar-refractivity contribution in [1.82, 2.24) is 5.32 Å². The minimum atomic E-state index is -3.64. The van der Waals surface area contributed by atoms with Gasteiger partial charge in [0, 0.05) is 10.7 Å². The Morgan fingerprint density at radius 2 is 2.08 bits per heavy atom. The van der Waals surface area contributed by atoms with Crippen molar-refractivity contribution in [3.63, 3.8) is 0 Å². The van der Waals surface area contributed by atoms with Gasteiger partial charge in [0.2, 0.25) is 0 Å². The Morgan fingerprint density at radius 1 is 1.36 bits per heavy atom. The number of carbonyl (C=O) groups excluding carboxylic acids is 1. The normalized spacial score (nSPS) is 22.8. The summed E-state index contributed by atoms with van der Waals surface area (Å²) in [5.74, 6) is -1.58. The fraction of sp³-hybridized carbons (Fsp3) is 0.353. The predicted octanol–water partition coefficient (Wildman–Crippen LogP) is 2.13. The molecular weight excluding hydrogens is 366 g/mol. The van der Waals surface area contributed by atoms with Crippen LogP contribution in [-0.2, 0) is 24.1 Å². The smallest absolute Gasteiger partial charge is 0.336 e. The highest BCUT2D eigenvalue weighted by Gasteiger charge is 2.42. The predicted molar refractivity (Wildman–Crippen MR) is 93.7 cm³/mol. The second kappa shape index (κ2) is 6.82. The van der Waals surface area contributed by atoms with Gasteiger partial charge in [0.05, 0.1) is 48.2 Å². The number of esters is 1. The van der Waals surface area contributed by atoms with Gasteiger partial charge in [-0.2, -0.15) is 0 Å². The van der Waals surface area contributed by atoms with Crippen molar-refractivity contribution in [3.8, 4) is 0 Å². The quantitative estimate of drug-likeness (QED) is 0.788. The third-order valence-electron chi connectivity index (χ3n) is 4.29. The van der Waals surface area contributed by atoms with Crippen molar-refractivity contribution >= 4 is 27.4 Å². The summed E-state index contributed by atoms with van der Waals surface area (Å²) in [4.78, 5) is 12.6. The molecule has 2 aliphatic heterocycles. The Hall–Kier alpha value is -1.83. The second-order valence-electron chi connectivity index (χ2n) is 5.82. The first kappa shape index (κ1) is 18.0. The van der Waals surface area contributed by atoms with Gasteiger partial charge in [-0.15, -0.1) is 0 Å². The van der Waals surface area contributed by atoms with E-state index in [1.807, 2.05) is 0 Å². The molecule has 8 heteroatoms. The van der Waals surface area contributed by atoms with Crippen LogP contribution in [0.15, 0.2) is 46.1 Å². The number of rotatable bonds is 2. The van der Waals surface area contributed by atoms with Crippen LogP contribution < -0.4 is 5.32 Å². The largest absolute Gasteiger partial charge is 0.466 e. The molecule has 0 saturated heterocycles. The average molecular weight is 384 g/mol. The highest BCUT2D eigenvalue weighted by molar-refractivity contribution is 7.95. The number of ether oxygens (including phenoxy) is 2. The first-order valence-electron chi connectivity index (χ1n) is 7.71. The van der Waals surface area contributed by atoms with Crippen molar-refractivity contribution in [2.24, 2.45) is 0 Å². The molecule has 6 nitrogen and oxygen atoms in total. The second-order valence-corrected chi connectivity index (χ2v) is 8.31. The summed E-state index contributed by atoms with van der Waals surface area (Å²) < 4.78 is 36.1. The molecule has 0 saturated carbocycles. The van der Waals surface area contributed by atoms with Gasteiger partial charge >= 0.3 is 5.97 Å². The van der Waals surface area contributed by atoms with Gasteiger partial charge in [0.25, 0.3) is 0 Å². The van der Waals surface area contributed by atoms with Gasteiger partial charge in [0.15, 0.2) is 9.84 Å². The Bertz CT molecular complexity index is 888. The molecule has 1 aromatic rings. The number of dihydropyridines is 1. The highest BCUT2D eigenvalue weighted by Crippen LogP contribution is 2.44. The van der Waals surface area contributed by atoms with Gasteiger partial charge in [-0.1, -0.05) is 29.8 Å². The Balaban J connectivity index is 2.30. The summed E-state index contributed by atoms with van der Waals surface area (Å²) in [6.45, 7) is 1.93. The fourth-order valence-electron chi connectivity index (χ4n) is 3.19. The van der Waals surface area contributed by atoms with Crippen LogP contribution in [0, 0.1) is 0 Å². The standard InChI is InChI=1S/C17H18ClNO5S/c1-10-14(17(20)23-2)15(11-5-3-4-6-12(11)18)16-13(19-10)9-24-7-8-25(16,21)22/h3-6,15,19H,7-9H2,1-2H3. The first-order valence-corrected chi connectivity index (χ1v) is 9.74. The lowest BCUT2D eigenvalue weighted by Gasteiger charge is -2.31. The van der Waals surface area contributed by atoms with Crippen LogP contribution >= 0.6 is 11.6 Å². The minimum Gasteiger partial charge on any atom is -0.466 e. The maximum Gasteiger partial charge on any atom is 0.336 e. The number of sulfone groups is 1.